The molecular weight excluding hydrogens is 320 g/mol. The lowest BCUT2D eigenvalue weighted by molar-refractivity contribution is -0.131. The minimum Gasteiger partial charge on any atom is -0.370 e. The zero-order valence-electron chi connectivity index (χ0n) is 15.8. The molecule has 2 saturated heterocycles. The van der Waals surface area contributed by atoms with Crippen LogP contribution in [0.25, 0.3) is 0 Å². The molecule has 0 aromatic carbocycles. The number of aryl methyl sites for hydroxylation is 2. The van der Waals surface area contributed by atoms with Crippen LogP contribution in [0.15, 0.2) is 4.52 Å². The SMILES string of the molecule is Cc1noc(C)c1CN1CCCC2(C1)CN(C(=O)NC(C)C)CCO2. The highest BCUT2D eigenvalue weighted by atomic mass is 16.5. The molecule has 140 valence electrons. The number of ether oxygens (including phenoxy) is 1. The largest absolute Gasteiger partial charge is 0.370 e. The zero-order valence-corrected chi connectivity index (χ0v) is 15.8. The van der Waals surface area contributed by atoms with Crippen molar-refractivity contribution in [2.45, 2.75) is 58.7 Å². The number of piperidine rings is 1. The van der Waals surface area contributed by atoms with Crippen LogP contribution in [0.2, 0.25) is 0 Å². The second-order valence-corrected chi connectivity index (χ2v) is 7.67. The molecule has 1 unspecified atom stereocenters. The molecule has 2 amide bonds. The molecule has 2 aliphatic heterocycles. The number of carbonyl (C=O) groups is 1. The van der Waals surface area contributed by atoms with E-state index in [1.807, 2.05) is 32.6 Å². The van der Waals surface area contributed by atoms with Gasteiger partial charge in [-0.3, -0.25) is 4.90 Å². The van der Waals surface area contributed by atoms with Gasteiger partial charge in [-0.2, -0.15) is 0 Å². The summed E-state index contributed by atoms with van der Waals surface area (Å²) in [4.78, 5) is 16.7. The Hall–Kier alpha value is -1.60. The Morgan fingerprint density at radius 2 is 2.12 bits per heavy atom. The van der Waals surface area contributed by atoms with E-state index in [1.54, 1.807) is 0 Å². The van der Waals surface area contributed by atoms with Crippen LogP contribution in [0.4, 0.5) is 4.79 Å². The van der Waals surface area contributed by atoms with E-state index in [0.29, 0.717) is 19.7 Å². The van der Waals surface area contributed by atoms with Crippen molar-refractivity contribution in [2.24, 2.45) is 0 Å². The van der Waals surface area contributed by atoms with Crippen LogP contribution in [0.1, 0.15) is 43.7 Å². The fourth-order valence-electron chi connectivity index (χ4n) is 3.88. The van der Waals surface area contributed by atoms with Crippen molar-refractivity contribution in [3.8, 4) is 0 Å². The summed E-state index contributed by atoms with van der Waals surface area (Å²) in [5.41, 5.74) is 1.87. The van der Waals surface area contributed by atoms with Crippen LogP contribution in [-0.4, -0.2) is 65.4 Å². The summed E-state index contributed by atoms with van der Waals surface area (Å²) in [5, 5.41) is 7.05. The Kier molecular flexibility index (Phi) is 5.34. The second kappa shape index (κ2) is 7.33. The van der Waals surface area contributed by atoms with Crippen molar-refractivity contribution >= 4 is 6.03 Å². The van der Waals surface area contributed by atoms with Gasteiger partial charge in [-0.25, -0.2) is 4.79 Å². The van der Waals surface area contributed by atoms with Gasteiger partial charge >= 0.3 is 6.03 Å². The van der Waals surface area contributed by atoms with E-state index in [4.69, 9.17) is 9.26 Å². The molecule has 1 N–H and O–H groups in total. The van der Waals surface area contributed by atoms with Gasteiger partial charge in [0.05, 0.1) is 24.4 Å². The van der Waals surface area contributed by atoms with Crippen molar-refractivity contribution in [1.82, 2.24) is 20.3 Å². The van der Waals surface area contributed by atoms with E-state index in [2.05, 4.69) is 15.4 Å². The first-order valence-electron chi connectivity index (χ1n) is 9.22. The third-order valence-electron chi connectivity index (χ3n) is 5.13. The molecule has 2 fully saturated rings. The first kappa shape index (κ1) is 18.2. The first-order chi connectivity index (χ1) is 11.9. The summed E-state index contributed by atoms with van der Waals surface area (Å²) in [6.07, 6.45) is 2.07. The van der Waals surface area contributed by atoms with Gasteiger partial charge in [0.15, 0.2) is 0 Å². The topological polar surface area (TPSA) is 70.8 Å². The van der Waals surface area contributed by atoms with Gasteiger partial charge < -0.3 is 19.5 Å². The molecule has 7 heteroatoms. The van der Waals surface area contributed by atoms with E-state index >= 15 is 0 Å². The average Bonchev–Trinajstić information content (AvgIpc) is 2.86. The number of amides is 2. The van der Waals surface area contributed by atoms with Gasteiger partial charge in [0.25, 0.3) is 0 Å². The van der Waals surface area contributed by atoms with Gasteiger partial charge in [-0.1, -0.05) is 5.16 Å². The predicted octanol–water partition coefficient (Wildman–Crippen LogP) is 2.08. The molecule has 3 rings (SSSR count). The van der Waals surface area contributed by atoms with Crippen molar-refractivity contribution < 1.29 is 14.1 Å². The molecule has 0 bridgehead atoms. The molecule has 1 atom stereocenters. The molecule has 2 aliphatic rings. The van der Waals surface area contributed by atoms with Gasteiger partial charge in [0, 0.05) is 31.2 Å². The van der Waals surface area contributed by atoms with Crippen LogP contribution in [-0.2, 0) is 11.3 Å². The molecule has 0 radical (unpaired) electrons. The van der Waals surface area contributed by atoms with Crippen LogP contribution >= 0.6 is 0 Å². The standard InChI is InChI=1S/C18H30N4O3/c1-13(2)19-17(23)22-8-9-24-18(12-22)6-5-7-21(11-18)10-16-14(3)20-25-15(16)4/h13H,5-12H2,1-4H3,(H,19,23). The summed E-state index contributed by atoms with van der Waals surface area (Å²) in [7, 11) is 0. The average molecular weight is 350 g/mol. The van der Waals surface area contributed by atoms with Crippen LogP contribution in [0, 0.1) is 13.8 Å². The lowest BCUT2D eigenvalue weighted by Crippen LogP contribution is -2.62. The van der Waals surface area contributed by atoms with Crippen LogP contribution in [0.5, 0.6) is 0 Å². The lowest BCUT2D eigenvalue weighted by atomic mass is 9.90. The Bertz CT molecular complexity index is 592. The molecule has 1 aromatic rings. The minimum absolute atomic E-state index is 0.0144. The molecule has 1 spiro atoms. The van der Waals surface area contributed by atoms with Crippen LogP contribution < -0.4 is 5.32 Å². The highest BCUT2D eigenvalue weighted by Gasteiger charge is 2.42. The predicted molar refractivity (Wildman–Crippen MR) is 94.4 cm³/mol. The van der Waals surface area contributed by atoms with Crippen LogP contribution in [0.3, 0.4) is 0 Å². The van der Waals surface area contributed by atoms with Gasteiger partial charge in [-0.05, 0) is 47.1 Å². The second-order valence-electron chi connectivity index (χ2n) is 7.67. The third-order valence-corrected chi connectivity index (χ3v) is 5.13. The van der Waals surface area contributed by atoms with E-state index in [9.17, 15) is 4.79 Å². The summed E-state index contributed by atoms with van der Waals surface area (Å²) in [6.45, 7) is 12.5. The summed E-state index contributed by atoms with van der Waals surface area (Å²) < 4.78 is 11.5. The minimum atomic E-state index is -0.260. The maximum absolute atomic E-state index is 12.4. The zero-order chi connectivity index (χ0) is 18.0. The Labute approximate surface area is 149 Å². The number of urea groups is 1. The lowest BCUT2D eigenvalue weighted by Gasteiger charge is -2.48. The van der Waals surface area contributed by atoms with E-state index < -0.39 is 0 Å². The van der Waals surface area contributed by atoms with E-state index in [0.717, 1.165) is 43.9 Å². The number of hydrogen-bond acceptors (Lipinski definition) is 5. The Balaban J connectivity index is 1.66. The monoisotopic (exact) mass is 350 g/mol. The molecule has 7 nitrogen and oxygen atoms in total. The highest BCUT2D eigenvalue weighted by Crippen LogP contribution is 2.30. The fraction of sp³-hybridized carbons (Fsp3) is 0.778. The number of nitrogens with zero attached hydrogens (tertiary/aromatic N) is 3. The Morgan fingerprint density at radius 3 is 2.80 bits per heavy atom. The maximum atomic E-state index is 12.4. The third kappa shape index (κ3) is 4.15. The van der Waals surface area contributed by atoms with E-state index in [1.165, 1.54) is 5.56 Å². The smallest absolute Gasteiger partial charge is 0.317 e. The van der Waals surface area contributed by atoms with Crippen molar-refractivity contribution in [3.63, 3.8) is 0 Å². The number of morpholine rings is 1. The maximum Gasteiger partial charge on any atom is 0.317 e. The molecule has 1 aromatic heterocycles. The number of nitrogens with one attached hydrogen (secondary N) is 1. The molecular formula is C18H30N4O3. The molecule has 25 heavy (non-hydrogen) atoms. The number of aromatic nitrogens is 1. The summed E-state index contributed by atoms with van der Waals surface area (Å²) >= 11 is 0. The van der Waals surface area contributed by atoms with E-state index in [-0.39, 0.29) is 17.7 Å². The fourth-order valence-corrected chi connectivity index (χ4v) is 3.88. The number of rotatable bonds is 3. The van der Waals surface area contributed by atoms with Crippen molar-refractivity contribution in [2.75, 3.05) is 32.8 Å². The highest BCUT2D eigenvalue weighted by molar-refractivity contribution is 5.74. The first-order valence-corrected chi connectivity index (χ1v) is 9.22. The molecule has 0 saturated carbocycles. The van der Waals surface area contributed by atoms with Gasteiger partial charge in [0.2, 0.25) is 0 Å². The number of hydrogen-bond donors (Lipinski definition) is 1. The Morgan fingerprint density at radius 1 is 1.32 bits per heavy atom. The summed E-state index contributed by atoms with van der Waals surface area (Å²) in [5.74, 6) is 0.889. The summed E-state index contributed by atoms with van der Waals surface area (Å²) in [6, 6.07) is 0.161. The quantitative estimate of drug-likeness (QED) is 0.904. The number of carbonyl (C=O) groups excluding carboxylic acids is 1. The number of likely N-dealkylation sites (tertiary alicyclic amines) is 1. The van der Waals surface area contributed by atoms with Gasteiger partial charge in [0.1, 0.15) is 5.76 Å². The normalized spacial score (nSPS) is 24.9. The van der Waals surface area contributed by atoms with Gasteiger partial charge in [-0.15, -0.1) is 0 Å². The van der Waals surface area contributed by atoms with Crippen molar-refractivity contribution in [1.29, 1.82) is 0 Å². The van der Waals surface area contributed by atoms with Crippen molar-refractivity contribution in [3.05, 3.63) is 17.0 Å². The molecule has 3 heterocycles. The molecule has 0 aliphatic carbocycles.